The Kier molecular flexibility index (Phi) is 6.34. The lowest BCUT2D eigenvalue weighted by Crippen LogP contribution is -2.43. The molecule has 2 amide bonds. The zero-order valence-corrected chi connectivity index (χ0v) is 17.3. The van der Waals surface area contributed by atoms with Crippen LogP contribution in [0.2, 0.25) is 5.02 Å². The van der Waals surface area contributed by atoms with E-state index in [-0.39, 0.29) is 0 Å². The number of carbonyl (C=O) groups is 2. The predicted molar refractivity (Wildman–Crippen MR) is 116 cm³/mol. The maximum atomic E-state index is 12.3. The number of hydrogen-bond acceptors (Lipinski definition) is 3. The van der Waals surface area contributed by atoms with Gasteiger partial charge >= 0.3 is 0 Å². The van der Waals surface area contributed by atoms with Gasteiger partial charge in [-0.2, -0.15) is 5.10 Å². The van der Waals surface area contributed by atoms with E-state index in [9.17, 15) is 9.59 Å². The van der Waals surface area contributed by atoms with Gasteiger partial charge in [0.1, 0.15) is 6.04 Å². The summed E-state index contributed by atoms with van der Waals surface area (Å²) in [5.74, 6) is -0.837. The predicted octanol–water partition coefficient (Wildman–Crippen LogP) is 4.14. The van der Waals surface area contributed by atoms with E-state index >= 15 is 0 Å². The molecular formula is C22H23ClN4O2. The van der Waals surface area contributed by atoms with Gasteiger partial charge in [0, 0.05) is 28.7 Å². The zero-order valence-electron chi connectivity index (χ0n) is 16.5. The van der Waals surface area contributed by atoms with Crippen molar-refractivity contribution in [2.75, 3.05) is 0 Å². The van der Waals surface area contributed by atoms with E-state index in [4.69, 9.17) is 11.6 Å². The Morgan fingerprint density at radius 1 is 1.07 bits per heavy atom. The third kappa shape index (κ3) is 4.66. The molecule has 7 heteroatoms. The number of hydrogen-bond donors (Lipinski definition) is 2. The van der Waals surface area contributed by atoms with E-state index in [2.05, 4.69) is 40.3 Å². The molecule has 1 heterocycles. The molecule has 1 aromatic heterocycles. The maximum absolute atomic E-state index is 12.3. The fourth-order valence-corrected chi connectivity index (χ4v) is 3.23. The van der Waals surface area contributed by atoms with Crippen molar-refractivity contribution in [1.82, 2.24) is 15.3 Å². The normalized spacial score (nSPS) is 12.4. The van der Waals surface area contributed by atoms with Gasteiger partial charge in [-0.05, 0) is 39.0 Å². The molecule has 0 aliphatic heterocycles. The molecule has 2 N–H and O–H groups in total. The number of halogens is 1. The molecule has 0 radical (unpaired) electrons. The Morgan fingerprint density at radius 2 is 1.76 bits per heavy atom. The van der Waals surface area contributed by atoms with Crippen LogP contribution < -0.4 is 10.7 Å². The number of nitrogens with zero attached hydrogens (tertiary/aromatic N) is 2. The maximum Gasteiger partial charge on any atom is 0.262 e. The molecule has 0 saturated heterocycles. The molecule has 0 aliphatic rings. The summed E-state index contributed by atoms with van der Waals surface area (Å²) in [6.07, 6.45) is 3.62. The van der Waals surface area contributed by atoms with Crippen molar-refractivity contribution < 1.29 is 9.59 Å². The molecule has 0 saturated carbocycles. The molecule has 0 aliphatic carbocycles. The quantitative estimate of drug-likeness (QED) is 0.473. The number of para-hydroxylation sites is 1. The highest BCUT2D eigenvalue weighted by atomic mass is 35.5. The number of nitrogens with one attached hydrogen (secondary N) is 2. The summed E-state index contributed by atoms with van der Waals surface area (Å²) >= 11 is 6.02. The molecule has 0 spiro atoms. The monoisotopic (exact) mass is 410 g/mol. The summed E-state index contributed by atoms with van der Waals surface area (Å²) in [7, 11) is 0. The average Bonchev–Trinajstić information content (AvgIpc) is 3.07. The van der Waals surface area contributed by atoms with Crippen molar-refractivity contribution in [1.29, 1.82) is 0 Å². The highest BCUT2D eigenvalue weighted by Gasteiger charge is 2.17. The van der Waals surface area contributed by atoms with Crippen LogP contribution in [-0.4, -0.2) is 28.6 Å². The second-order valence-corrected chi connectivity index (χ2v) is 7.42. The highest BCUT2D eigenvalue weighted by molar-refractivity contribution is 6.33. The van der Waals surface area contributed by atoms with Crippen LogP contribution in [0.5, 0.6) is 0 Å². The third-order valence-electron chi connectivity index (χ3n) is 4.57. The topological polar surface area (TPSA) is 75.5 Å². The summed E-state index contributed by atoms with van der Waals surface area (Å²) in [6, 6.07) is 14.2. The molecule has 6 nitrogen and oxygen atoms in total. The highest BCUT2D eigenvalue weighted by Crippen LogP contribution is 2.23. The van der Waals surface area contributed by atoms with E-state index in [1.807, 2.05) is 24.4 Å². The smallest absolute Gasteiger partial charge is 0.262 e. The van der Waals surface area contributed by atoms with Crippen LogP contribution in [0.4, 0.5) is 0 Å². The second-order valence-electron chi connectivity index (χ2n) is 7.01. The van der Waals surface area contributed by atoms with Crippen LogP contribution in [0.15, 0.2) is 59.8 Å². The largest absolute Gasteiger partial charge is 0.344 e. The molecule has 0 unspecified atom stereocenters. The van der Waals surface area contributed by atoms with E-state index in [0.29, 0.717) is 16.6 Å². The number of fused-ring (bicyclic) bond motifs is 1. The Balaban J connectivity index is 1.66. The van der Waals surface area contributed by atoms with Crippen LogP contribution in [-0.2, 0) is 4.79 Å². The SMILES string of the molecule is CC(C)n1cc(/C=N\NC(=O)[C@@H](C)NC(=O)c2ccccc2Cl)c2ccccc21. The van der Waals surface area contributed by atoms with Crippen LogP contribution in [0.1, 0.15) is 42.7 Å². The molecule has 3 rings (SSSR count). The van der Waals surface area contributed by atoms with Gasteiger partial charge in [-0.3, -0.25) is 9.59 Å². The first kappa shape index (κ1) is 20.6. The minimum atomic E-state index is -0.770. The Morgan fingerprint density at radius 3 is 2.48 bits per heavy atom. The molecule has 0 bridgehead atoms. The Hall–Kier alpha value is -3.12. The first-order valence-corrected chi connectivity index (χ1v) is 9.74. The fourth-order valence-electron chi connectivity index (χ4n) is 3.01. The Bertz CT molecular complexity index is 1070. The first-order valence-electron chi connectivity index (χ1n) is 9.36. The molecular weight excluding hydrogens is 388 g/mol. The van der Waals surface area contributed by atoms with Crippen molar-refractivity contribution in [3.63, 3.8) is 0 Å². The van der Waals surface area contributed by atoms with E-state index in [1.54, 1.807) is 37.4 Å². The van der Waals surface area contributed by atoms with Crippen molar-refractivity contribution >= 4 is 40.5 Å². The molecule has 3 aromatic rings. The lowest BCUT2D eigenvalue weighted by Gasteiger charge is -2.12. The lowest BCUT2D eigenvalue weighted by molar-refractivity contribution is -0.122. The van der Waals surface area contributed by atoms with Crippen molar-refractivity contribution in [2.24, 2.45) is 5.10 Å². The third-order valence-corrected chi connectivity index (χ3v) is 4.90. The Labute approximate surface area is 174 Å². The average molecular weight is 411 g/mol. The van der Waals surface area contributed by atoms with Gasteiger partial charge < -0.3 is 9.88 Å². The van der Waals surface area contributed by atoms with Gasteiger partial charge in [0.05, 0.1) is 16.8 Å². The standard InChI is InChI=1S/C22H23ClN4O2/c1-14(2)27-13-16(17-8-5-7-11-20(17)27)12-24-26-21(28)15(3)25-22(29)18-9-4-6-10-19(18)23/h4-15H,1-3H3,(H,25,29)(H,26,28)/b24-12-/t15-/m1/s1. The number of amides is 2. The van der Waals surface area contributed by atoms with Crippen LogP contribution in [0, 0.1) is 0 Å². The molecule has 1 atom stereocenters. The molecule has 150 valence electrons. The van der Waals surface area contributed by atoms with E-state index in [0.717, 1.165) is 16.5 Å². The number of benzene rings is 2. The fraction of sp³-hybridized carbons (Fsp3) is 0.227. The molecule has 29 heavy (non-hydrogen) atoms. The van der Waals surface area contributed by atoms with Gasteiger partial charge in [-0.1, -0.05) is 41.9 Å². The number of aromatic nitrogens is 1. The lowest BCUT2D eigenvalue weighted by atomic mass is 10.2. The van der Waals surface area contributed by atoms with Gasteiger partial charge in [-0.15, -0.1) is 0 Å². The molecule has 0 fully saturated rings. The number of carbonyl (C=O) groups excluding carboxylic acids is 2. The van der Waals surface area contributed by atoms with Crippen molar-refractivity contribution in [3.8, 4) is 0 Å². The summed E-state index contributed by atoms with van der Waals surface area (Å²) in [4.78, 5) is 24.6. The van der Waals surface area contributed by atoms with Crippen LogP contribution in [0.25, 0.3) is 10.9 Å². The van der Waals surface area contributed by atoms with Gasteiger partial charge in [0.25, 0.3) is 11.8 Å². The van der Waals surface area contributed by atoms with Gasteiger partial charge in [0.2, 0.25) is 0 Å². The number of hydrazone groups is 1. The summed E-state index contributed by atoms with van der Waals surface area (Å²) in [6.45, 7) is 5.81. The van der Waals surface area contributed by atoms with Gasteiger partial charge in [-0.25, -0.2) is 5.43 Å². The van der Waals surface area contributed by atoms with Crippen molar-refractivity contribution in [3.05, 3.63) is 70.9 Å². The number of rotatable bonds is 6. The van der Waals surface area contributed by atoms with E-state index < -0.39 is 17.9 Å². The van der Waals surface area contributed by atoms with Gasteiger partial charge in [0.15, 0.2) is 0 Å². The summed E-state index contributed by atoms with van der Waals surface area (Å²) < 4.78 is 2.16. The van der Waals surface area contributed by atoms with Crippen molar-refractivity contribution in [2.45, 2.75) is 32.9 Å². The van der Waals surface area contributed by atoms with Crippen LogP contribution >= 0.6 is 11.6 Å². The van der Waals surface area contributed by atoms with E-state index in [1.165, 1.54) is 0 Å². The summed E-state index contributed by atoms with van der Waals surface area (Å²) in [5, 5.41) is 8.07. The minimum absolute atomic E-state index is 0.302. The first-order chi connectivity index (χ1) is 13.9. The summed E-state index contributed by atoms with van der Waals surface area (Å²) in [5.41, 5.74) is 4.81. The molecule has 2 aromatic carbocycles. The minimum Gasteiger partial charge on any atom is -0.344 e. The zero-order chi connectivity index (χ0) is 21.0. The second kappa shape index (κ2) is 8.92. The van der Waals surface area contributed by atoms with Crippen LogP contribution in [0.3, 0.4) is 0 Å².